The van der Waals surface area contributed by atoms with Gasteiger partial charge in [-0.3, -0.25) is 0 Å². The highest BCUT2D eigenvalue weighted by atomic mass is 32.2. The van der Waals surface area contributed by atoms with E-state index in [-0.39, 0.29) is 23.0 Å². The Kier molecular flexibility index (Phi) is 2.62. The number of alkyl halides is 2. The van der Waals surface area contributed by atoms with Crippen LogP contribution in [0, 0.1) is 6.92 Å². The molecule has 0 spiro atoms. The van der Waals surface area contributed by atoms with E-state index in [0.717, 1.165) is 0 Å². The van der Waals surface area contributed by atoms with Crippen LogP contribution in [0.4, 0.5) is 14.6 Å². The standard InChI is InChI=1S/C8H11F2N3O3S/c1-5-6(7(11)12-16-5)17(14,15)13-3-2-8(9,10)4-13/h2-4H2,1H3,(H2,11,12). The number of nitrogens with zero attached hydrogens (tertiary/aromatic N) is 2. The molecule has 0 saturated carbocycles. The van der Waals surface area contributed by atoms with Crippen molar-refractivity contribution < 1.29 is 21.7 Å². The van der Waals surface area contributed by atoms with Gasteiger partial charge in [-0.15, -0.1) is 0 Å². The molecule has 9 heteroatoms. The Bertz CT molecular complexity index is 521. The van der Waals surface area contributed by atoms with E-state index < -0.39 is 28.9 Å². The lowest BCUT2D eigenvalue weighted by atomic mass is 10.3. The third kappa shape index (κ3) is 2.00. The quantitative estimate of drug-likeness (QED) is 0.847. The first kappa shape index (κ1) is 12.2. The number of aromatic nitrogens is 1. The maximum absolute atomic E-state index is 13.0. The van der Waals surface area contributed by atoms with E-state index in [2.05, 4.69) is 9.68 Å². The van der Waals surface area contributed by atoms with Crippen LogP contribution in [-0.4, -0.2) is 36.9 Å². The summed E-state index contributed by atoms with van der Waals surface area (Å²) in [6.07, 6.45) is -0.490. The van der Waals surface area contributed by atoms with Crippen molar-refractivity contribution in [3.8, 4) is 0 Å². The Morgan fingerprint density at radius 1 is 1.53 bits per heavy atom. The summed E-state index contributed by atoms with van der Waals surface area (Å²) in [5, 5.41) is 3.30. The highest BCUT2D eigenvalue weighted by Gasteiger charge is 2.45. The summed E-state index contributed by atoms with van der Waals surface area (Å²) in [5.74, 6) is -3.30. The van der Waals surface area contributed by atoms with Gasteiger partial charge in [0.15, 0.2) is 16.5 Å². The number of nitrogens with two attached hydrogens (primary N) is 1. The van der Waals surface area contributed by atoms with E-state index in [1.165, 1.54) is 6.92 Å². The van der Waals surface area contributed by atoms with Gasteiger partial charge < -0.3 is 10.3 Å². The van der Waals surface area contributed by atoms with Crippen LogP contribution in [0.5, 0.6) is 0 Å². The number of hydrogen-bond acceptors (Lipinski definition) is 5. The summed E-state index contributed by atoms with van der Waals surface area (Å²) >= 11 is 0. The Balaban J connectivity index is 2.39. The minimum atomic E-state index is -4.06. The first-order chi connectivity index (χ1) is 7.74. The molecule has 0 aliphatic carbocycles. The van der Waals surface area contributed by atoms with Gasteiger partial charge in [0.2, 0.25) is 0 Å². The molecule has 0 amide bonds. The van der Waals surface area contributed by atoms with Gasteiger partial charge in [0.1, 0.15) is 0 Å². The Hall–Kier alpha value is -1.22. The van der Waals surface area contributed by atoms with Crippen LogP contribution in [-0.2, 0) is 10.0 Å². The molecule has 1 aromatic heterocycles. The molecule has 1 aliphatic heterocycles. The second-order valence-electron chi connectivity index (χ2n) is 3.90. The Morgan fingerprint density at radius 2 is 2.18 bits per heavy atom. The number of nitrogen functional groups attached to an aromatic ring is 1. The van der Waals surface area contributed by atoms with Gasteiger partial charge in [0.25, 0.3) is 15.9 Å². The molecule has 1 aliphatic rings. The molecule has 0 atom stereocenters. The van der Waals surface area contributed by atoms with Crippen molar-refractivity contribution in [2.24, 2.45) is 0 Å². The molecule has 96 valence electrons. The maximum atomic E-state index is 13.0. The minimum Gasteiger partial charge on any atom is -0.380 e. The second-order valence-corrected chi connectivity index (χ2v) is 5.77. The molecule has 1 aromatic rings. The lowest BCUT2D eigenvalue weighted by Gasteiger charge is -2.15. The highest BCUT2D eigenvalue weighted by molar-refractivity contribution is 7.89. The minimum absolute atomic E-state index is 0.00211. The summed E-state index contributed by atoms with van der Waals surface area (Å²) < 4.78 is 55.4. The van der Waals surface area contributed by atoms with Gasteiger partial charge >= 0.3 is 0 Å². The van der Waals surface area contributed by atoms with Crippen LogP contribution >= 0.6 is 0 Å². The molecule has 17 heavy (non-hydrogen) atoms. The number of anilines is 1. The Morgan fingerprint density at radius 3 is 2.59 bits per heavy atom. The second kappa shape index (κ2) is 3.64. The fourth-order valence-corrected chi connectivity index (χ4v) is 3.38. The average molecular weight is 267 g/mol. The third-order valence-electron chi connectivity index (χ3n) is 2.57. The van der Waals surface area contributed by atoms with Gasteiger partial charge in [-0.1, -0.05) is 5.16 Å². The van der Waals surface area contributed by atoms with Gasteiger partial charge in [-0.25, -0.2) is 17.2 Å². The molecule has 2 N–H and O–H groups in total. The van der Waals surface area contributed by atoms with E-state index >= 15 is 0 Å². The van der Waals surface area contributed by atoms with Crippen molar-refractivity contribution in [1.82, 2.24) is 9.46 Å². The highest BCUT2D eigenvalue weighted by Crippen LogP contribution is 2.33. The van der Waals surface area contributed by atoms with Gasteiger partial charge in [-0.05, 0) is 6.92 Å². The van der Waals surface area contributed by atoms with Crippen molar-refractivity contribution in [2.75, 3.05) is 18.8 Å². The number of hydrogen-bond donors (Lipinski definition) is 1. The summed E-state index contributed by atoms with van der Waals surface area (Å²) in [6.45, 7) is 0.295. The molecular weight excluding hydrogens is 256 g/mol. The van der Waals surface area contributed by atoms with Crippen molar-refractivity contribution >= 4 is 15.8 Å². The van der Waals surface area contributed by atoms with Crippen LogP contribution < -0.4 is 5.73 Å². The van der Waals surface area contributed by atoms with Crippen LogP contribution in [0.2, 0.25) is 0 Å². The molecule has 1 saturated heterocycles. The molecular formula is C8H11F2N3O3S. The average Bonchev–Trinajstić information content (AvgIpc) is 2.70. The third-order valence-corrected chi connectivity index (χ3v) is 4.57. The summed E-state index contributed by atoms with van der Waals surface area (Å²) in [5.41, 5.74) is 5.36. The van der Waals surface area contributed by atoms with Crippen LogP contribution in [0.15, 0.2) is 9.42 Å². The fourth-order valence-electron chi connectivity index (χ4n) is 1.73. The topological polar surface area (TPSA) is 89.4 Å². The number of aryl methyl sites for hydroxylation is 1. The van der Waals surface area contributed by atoms with Gasteiger partial charge in [0, 0.05) is 13.0 Å². The first-order valence-corrected chi connectivity index (χ1v) is 6.28. The van der Waals surface area contributed by atoms with E-state index in [0.29, 0.717) is 4.31 Å². The first-order valence-electron chi connectivity index (χ1n) is 4.84. The van der Waals surface area contributed by atoms with Crippen LogP contribution in [0.1, 0.15) is 12.2 Å². The zero-order chi connectivity index (χ0) is 12.8. The molecule has 6 nitrogen and oxygen atoms in total. The summed E-state index contributed by atoms with van der Waals surface area (Å²) in [4.78, 5) is -0.324. The predicted octanol–water partition coefficient (Wildman–Crippen LogP) is 0.595. The van der Waals surface area contributed by atoms with Gasteiger partial charge in [-0.2, -0.15) is 4.31 Å². The lowest BCUT2D eigenvalue weighted by Crippen LogP contribution is -2.32. The zero-order valence-corrected chi connectivity index (χ0v) is 9.80. The molecule has 1 fully saturated rings. The van der Waals surface area contributed by atoms with Crippen molar-refractivity contribution in [2.45, 2.75) is 24.2 Å². The molecule has 0 radical (unpaired) electrons. The Labute approximate surface area is 96.4 Å². The van der Waals surface area contributed by atoms with Crippen molar-refractivity contribution in [1.29, 1.82) is 0 Å². The molecule has 0 unspecified atom stereocenters. The number of halogens is 2. The maximum Gasteiger partial charge on any atom is 0.262 e. The number of rotatable bonds is 2. The van der Waals surface area contributed by atoms with Crippen molar-refractivity contribution in [3.63, 3.8) is 0 Å². The molecule has 0 bridgehead atoms. The fraction of sp³-hybridized carbons (Fsp3) is 0.625. The molecule has 0 aromatic carbocycles. The SMILES string of the molecule is Cc1onc(N)c1S(=O)(=O)N1CCC(F)(F)C1. The normalized spacial score (nSPS) is 20.9. The zero-order valence-electron chi connectivity index (χ0n) is 8.98. The largest absolute Gasteiger partial charge is 0.380 e. The molecule has 2 heterocycles. The summed E-state index contributed by atoms with van der Waals surface area (Å²) in [6, 6.07) is 0. The van der Waals surface area contributed by atoms with Crippen molar-refractivity contribution in [3.05, 3.63) is 5.76 Å². The molecule has 2 rings (SSSR count). The summed E-state index contributed by atoms with van der Waals surface area (Å²) in [7, 11) is -4.06. The van der Waals surface area contributed by atoms with Gasteiger partial charge in [0.05, 0.1) is 6.54 Å². The van der Waals surface area contributed by atoms with E-state index in [4.69, 9.17) is 5.73 Å². The lowest BCUT2D eigenvalue weighted by molar-refractivity contribution is 0.0183. The monoisotopic (exact) mass is 267 g/mol. The van der Waals surface area contributed by atoms with Crippen LogP contribution in [0.3, 0.4) is 0 Å². The number of sulfonamides is 1. The van der Waals surface area contributed by atoms with Crippen LogP contribution in [0.25, 0.3) is 0 Å². The smallest absolute Gasteiger partial charge is 0.262 e. The van der Waals surface area contributed by atoms with E-state index in [9.17, 15) is 17.2 Å². The predicted molar refractivity (Wildman–Crippen MR) is 54.0 cm³/mol. The van der Waals surface area contributed by atoms with E-state index in [1.54, 1.807) is 0 Å². The van der Waals surface area contributed by atoms with E-state index in [1.807, 2.05) is 0 Å².